The monoisotopic (exact) mass is 484 g/mol. The highest BCUT2D eigenvalue weighted by Gasteiger charge is 2.38. The maximum Gasteiger partial charge on any atom is 0.418 e. The van der Waals surface area contributed by atoms with Gasteiger partial charge in [-0.15, -0.1) is 0 Å². The lowest BCUT2D eigenvalue weighted by Crippen LogP contribution is -2.34. The second-order valence-corrected chi connectivity index (χ2v) is 9.32. The fraction of sp³-hybridized carbons (Fsp3) is 0.278. The number of fused-ring (bicyclic) bond motifs is 1. The molecule has 0 N–H and O–H groups in total. The van der Waals surface area contributed by atoms with Crippen molar-refractivity contribution in [3.8, 4) is 5.82 Å². The smallest absolute Gasteiger partial charge is 0.349 e. The largest absolute Gasteiger partial charge is 0.418 e. The molecular formula is C18H16ClF3N8OS. The summed E-state index contributed by atoms with van der Waals surface area (Å²) in [4.78, 5) is 14.0. The third-order valence-electron chi connectivity index (χ3n) is 4.77. The van der Waals surface area contributed by atoms with Gasteiger partial charge in [-0.05, 0) is 19.1 Å². The molecule has 0 radical (unpaired) electrons. The third kappa shape index (κ3) is 4.05. The first-order valence-electron chi connectivity index (χ1n) is 9.10. The van der Waals surface area contributed by atoms with Gasteiger partial charge in [-0.2, -0.15) is 31.7 Å². The Kier molecular flexibility index (Phi) is 5.41. The molecule has 0 amide bonds. The maximum atomic E-state index is 13.7. The summed E-state index contributed by atoms with van der Waals surface area (Å²) in [5.41, 5.74) is -1.52. The van der Waals surface area contributed by atoms with Gasteiger partial charge >= 0.3 is 6.18 Å². The number of halogens is 4. The van der Waals surface area contributed by atoms with E-state index in [1.165, 1.54) is 41.9 Å². The summed E-state index contributed by atoms with van der Waals surface area (Å²) in [7, 11) is -1.74. The minimum atomic E-state index is -4.74. The van der Waals surface area contributed by atoms with E-state index in [2.05, 4.69) is 28.8 Å². The number of alkyl halides is 3. The van der Waals surface area contributed by atoms with E-state index < -0.39 is 33.4 Å². The van der Waals surface area contributed by atoms with Crippen LogP contribution in [0.25, 0.3) is 5.82 Å². The number of benzene rings is 1. The summed E-state index contributed by atoms with van der Waals surface area (Å²) in [6.07, 6.45) is 2.24. The molecule has 0 saturated carbocycles. The number of hydrogen-bond acceptors (Lipinski definition) is 7. The highest BCUT2D eigenvalue weighted by molar-refractivity contribution is 7.92. The Morgan fingerprint density at radius 1 is 1.22 bits per heavy atom. The van der Waals surface area contributed by atoms with Gasteiger partial charge in [-0.3, -0.25) is 4.98 Å². The van der Waals surface area contributed by atoms with Crippen LogP contribution in [0.3, 0.4) is 0 Å². The number of aromatic nitrogens is 5. The van der Waals surface area contributed by atoms with Crippen LogP contribution in [0.1, 0.15) is 29.9 Å². The SMILES string of the molecule is C[C@@H](c1ncnn1-c1cnccn1)N(C)C1=NS(C)(=O)=Nc2c1cc(Cl)cc2C(F)(F)F. The molecule has 2 aromatic heterocycles. The predicted molar refractivity (Wildman–Crippen MR) is 112 cm³/mol. The van der Waals surface area contributed by atoms with Crippen LogP contribution in [0.5, 0.6) is 0 Å². The molecule has 3 heterocycles. The Morgan fingerprint density at radius 3 is 2.62 bits per heavy atom. The van der Waals surface area contributed by atoms with Crippen molar-refractivity contribution < 1.29 is 17.4 Å². The number of amidine groups is 1. The summed E-state index contributed by atoms with van der Waals surface area (Å²) in [5.74, 6) is 0.861. The van der Waals surface area contributed by atoms with Crippen LogP contribution in [-0.4, -0.2) is 53.0 Å². The second-order valence-electron chi connectivity index (χ2n) is 7.00. The zero-order valence-electron chi connectivity index (χ0n) is 16.9. The molecule has 1 aromatic carbocycles. The first-order chi connectivity index (χ1) is 15.0. The molecule has 0 saturated heterocycles. The van der Waals surface area contributed by atoms with Crippen molar-refractivity contribution in [1.82, 2.24) is 29.6 Å². The Balaban J connectivity index is 1.83. The fourth-order valence-corrected chi connectivity index (χ4v) is 4.55. The zero-order valence-corrected chi connectivity index (χ0v) is 18.5. The normalized spacial score (nSPS) is 19.0. The van der Waals surface area contributed by atoms with Crippen molar-refractivity contribution in [2.24, 2.45) is 8.76 Å². The van der Waals surface area contributed by atoms with Crippen molar-refractivity contribution in [2.75, 3.05) is 13.3 Å². The molecule has 168 valence electrons. The molecule has 0 aliphatic carbocycles. The average molecular weight is 485 g/mol. The van der Waals surface area contributed by atoms with Crippen molar-refractivity contribution in [1.29, 1.82) is 0 Å². The highest BCUT2D eigenvalue weighted by atomic mass is 35.5. The maximum absolute atomic E-state index is 13.7. The van der Waals surface area contributed by atoms with Crippen LogP contribution < -0.4 is 0 Å². The first-order valence-corrected chi connectivity index (χ1v) is 11.4. The minimum absolute atomic E-state index is 0.0190. The van der Waals surface area contributed by atoms with E-state index in [1.54, 1.807) is 18.9 Å². The molecule has 32 heavy (non-hydrogen) atoms. The highest BCUT2D eigenvalue weighted by Crippen LogP contribution is 2.43. The number of nitrogens with zero attached hydrogens (tertiary/aromatic N) is 8. The van der Waals surface area contributed by atoms with Crippen LogP contribution in [0.15, 0.2) is 45.8 Å². The van der Waals surface area contributed by atoms with Crippen molar-refractivity contribution in [3.63, 3.8) is 0 Å². The molecule has 1 aliphatic heterocycles. The van der Waals surface area contributed by atoms with Gasteiger partial charge in [0.1, 0.15) is 12.2 Å². The Morgan fingerprint density at radius 2 is 1.97 bits per heavy atom. The summed E-state index contributed by atoms with van der Waals surface area (Å²) in [6, 6.07) is 1.52. The van der Waals surface area contributed by atoms with E-state index >= 15 is 0 Å². The topological polar surface area (TPSA) is 102 Å². The molecule has 1 unspecified atom stereocenters. The van der Waals surface area contributed by atoms with E-state index in [9.17, 15) is 17.4 Å². The van der Waals surface area contributed by atoms with E-state index in [-0.39, 0.29) is 16.4 Å². The van der Waals surface area contributed by atoms with Crippen LogP contribution in [0, 0.1) is 0 Å². The average Bonchev–Trinajstić information content (AvgIpc) is 3.21. The summed E-state index contributed by atoms with van der Waals surface area (Å²) in [6.45, 7) is 1.75. The molecule has 14 heteroatoms. The van der Waals surface area contributed by atoms with Crippen molar-refractivity contribution in [3.05, 3.63) is 59.0 Å². The molecule has 3 aromatic rings. The summed E-state index contributed by atoms with van der Waals surface area (Å²) in [5, 5.41) is 4.01. The number of rotatable bonds is 3. The predicted octanol–water partition coefficient (Wildman–Crippen LogP) is 3.83. The van der Waals surface area contributed by atoms with Crippen molar-refractivity contribution >= 4 is 33.0 Å². The summed E-state index contributed by atoms with van der Waals surface area (Å²) < 4.78 is 63.2. The van der Waals surface area contributed by atoms with E-state index in [1.807, 2.05) is 0 Å². The van der Waals surface area contributed by atoms with Gasteiger partial charge in [0, 0.05) is 36.3 Å². The van der Waals surface area contributed by atoms with Gasteiger partial charge in [-0.25, -0.2) is 14.2 Å². The lowest BCUT2D eigenvalue weighted by Gasteiger charge is -2.30. The van der Waals surface area contributed by atoms with Crippen molar-refractivity contribution in [2.45, 2.75) is 19.1 Å². The van der Waals surface area contributed by atoms with E-state index in [0.29, 0.717) is 11.6 Å². The molecule has 2 atom stereocenters. The zero-order chi connectivity index (χ0) is 23.3. The van der Waals surface area contributed by atoms with Crippen LogP contribution in [0.2, 0.25) is 5.02 Å². The van der Waals surface area contributed by atoms with Gasteiger partial charge in [0.05, 0.1) is 23.5 Å². The minimum Gasteiger partial charge on any atom is -0.349 e. The summed E-state index contributed by atoms with van der Waals surface area (Å²) >= 11 is 5.99. The van der Waals surface area contributed by atoms with Gasteiger partial charge in [0.15, 0.2) is 21.6 Å². The van der Waals surface area contributed by atoms with Crippen LogP contribution in [-0.2, 0) is 16.1 Å². The molecule has 0 spiro atoms. The fourth-order valence-electron chi connectivity index (χ4n) is 3.21. The Bertz CT molecular complexity index is 1330. The van der Waals surface area contributed by atoms with Crippen LogP contribution in [0.4, 0.5) is 18.9 Å². The van der Waals surface area contributed by atoms with E-state index in [0.717, 1.165) is 6.07 Å². The Labute approximate surface area is 186 Å². The van der Waals surface area contributed by atoms with Gasteiger partial charge in [-0.1, -0.05) is 11.6 Å². The van der Waals surface area contributed by atoms with Gasteiger partial charge in [0.25, 0.3) is 0 Å². The van der Waals surface area contributed by atoms with Gasteiger partial charge in [0.2, 0.25) is 0 Å². The molecule has 4 rings (SSSR count). The number of hydrogen-bond donors (Lipinski definition) is 0. The molecule has 1 aliphatic rings. The lowest BCUT2D eigenvalue weighted by atomic mass is 10.0. The third-order valence-corrected chi connectivity index (χ3v) is 6.02. The quantitative estimate of drug-likeness (QED) is 0.560. The van der Waals surface area contributed by atoms with E-state index in [4.69, 9.17) is 11.6 Å². The Hall–Kier alpha value is -3.06. The molecular weight excluding hydrogens is 469 g/mol. The molecule has 9 nitrogen and oxygen atoms in total. The molecule has 0 fully saturated rings. The second kappa shape index (κ2) is 7.81. The first kappa shape index (κ1) is 22.1. The van der Waals surface area contributed by atoms with Crippen LogP contribution >= 0.6 is 11.6 Å². The standard InChI is InChI=1S/C18H16ClF3N8OS/c1-10(16-25-9-26-30(16)14-8-23-4-5-24-14)29(2)17-12-6-11(19)7-13(18(20,21)22)15(12)27-32(3,31)28-17/h4-10H,1-3H3/t10-,32?/m0/s1. The molecule has 0 bridgehead atoms. The lowest BCUT2D eigenvalue weighted by molar-refractivity contribution is -0.137. The van der Waals surface area contributed by atoms with Gasteiger partial charge < -0.3 is 4.90 Å².